The highest BCUT2D eigenvalue weighted by Gasteiger charge is 2.21. The first-order valence-corrected chi connectivity index (χ1v) is 13.5. The van der Waals surface area contributed by atoms with E-state index in [2.05, 4.69) is 0 Å². The summed E-state index contributed by atoms with van der Waals surface area (Å²) >= 11 is 0. The van der Waals surface area contributed by atoms with Crippen molar-refractivity contribution in [3.8, 4) is 11.5 Å². The van der Waals surface area contributed by atoms with Gasteiger partial charge in [-0.1, -0.05) is 24.3 Å². The first-order valence-electron chi connectivity index (χ1n) is 13.5. The van der Waals surface area contributed by atoms with Gasteiger partial charge in [-0.15, -0.1) is 0 Å². The van der Waals surface area contributed by atoms with Gasteiger partial charge < -0.3 is 24.3 Å². The van der Waals surface area contributed by atoms with Crippen LogP contribution in [0.25, 0.3) is 23.1 Å². The molecule has 0 spiro atoms. The maximum Gasteiger partial charge on any atom is 0.323 e. The molecule has 0 bridgehead atoms. The van der Waals surface area contributed by atoms with Crippen LogP contribution in [-0.2, 0) is 22.6 Å². The summed E-state index contributed by atoms with van der Waals surface area (Å²) in [4.78, 5) is 22.6. The van der Waals surface area contributed by atoms with E-state index in [4.69, 9.17) is 14.6 Å². The number of fused-ring (bicyclic) bond motifs is 1. The van der Waals surface area contributed by atoms with Gasteiger partial charge in [0.05, 0.1) is 5.52 Å². The van der Waals surface area contributed by atoms with Crippen molar-refractivity contribution in [2.45, 2.75) is 32.7 Å². The van der Waals surface area contributed by atoms with Crippen LogP contribution >= 0.6 is 0 Å². The molecule has 10 heteroatoms. The van der Waals surface area contributed by atoms with E-state index < -0.39 is 29.4 Å². The maximum absolute atomic E-state index is 15.1. The summed E-state index contributed by atoms with van der Waals surface area (Å²) in [6.07, 6.45) is 7.50. The Balaban J connectivity index is 1.43. The molecule has 1 heterocycles. The molecule has 1 aromatic heterocycles. The van der Waals surface area contributed by atoms with E-state index >= 15 is 4.39 Å². The molecule has 0 fully saturated rings. The highest BCUT2D eigenvalue weighted by Crippen LogP contribution is 2.33. The number of aliphatic carboxylic acids is 2. The van der Waals surface area contributed by atoms with Crippen LogP contribution in [0.5, 0.6) is 11.5 Å². The minimum Gasteiger partial charge on any atom is -0.490 e. The highest BCUT2D eigenvalue weighted by atomic mass is 19.1. The second-order valence-electron chi connectivity index (χ2n) is 9.72. The number of carboxylic acids is 2. The van der Waals surface area contributed by atoms with Crippen LogP contribution in [0, 0.1) is 24.4 Å². The van der Waals surface area contributed by atoms with Crippen molar-refractivity contribution < 1.29 is 42.4 Å². The quantitative estimate of drug-likeness (QED) is 0.120. The monoisotopic (exact) mass is 593 g/mol. The number of ether oxygens (including phenoxy) is 2. The SMILES string of the molecule is Cc1c(CCCC(=O)O)c2c(F)ccc(/C=C/c3ccc(OC/C=C/COc4ccc(F)cc4F)cc3)c2n1CC(=O)O. The average Bonchev–Trinajstić information content (AvgIpc) is 3.23. The van der Waals surface area contributed by atoms with Crippen LogP contribution in [0.4, 0.5) is 13.2 Å². The Labute approximate surface area is 246 Å². The fourth-order valence-corrected chi connectivity index (χ4v) is 4.73. The number of aromatic nitrogens is 1. The molecule has 4 aromatic rings. The van der Waals surface area contributed by atoms with E-state index in [1.54, 1.807) is 47.9 Å². The first kappa shape index (κ1) is 31.0. The Hall–Kier alpha value is -4.99. The average molecular weight is 594 g/mol. The fraction of sp³-hybridized carbons (Fsp3) is 0.212. The van der Waals surface area contributed by atoms with Crippen LogP contribution in [0.3, 0.4) is 0 Å². The second-order valence-corrected chi connectivity index (χ2v) is 9.72. The van der Waals surface area contributed by atoms with Crippen LogP contribution in [0.15, 0.2) is 66.7 Å². The number of nitrogens with zero attached hydrogens (tertiary/aromatic N) is 1. The standard InChI is InChI=1S/C33H30F3NO6/c1-21-26(5-4-6-30(38)39)32-27(35)15-11-23(33(32)37(21)20-31(40)41)10-7-22-8-13-25(14-9-22)42-17-2-3-18-43-29-16-12-24(34)19-28(29)36/h2-3,7-16,19H,4-6,17-18,20H2,1H3,(H,38,39)(H,40,41)/b3-2+,10-7+. The lowest BCUT2D eigenvalue weighted by molar-refractivity contribution is -0.138. The Morgan fingerprint density at radius 1 is 0.860 bits per heavy atom. The van der Waals surface area contributed by atoms with Gasteiger partial charge in [-0.2, -0.15) is 0 Å². The summed E-state index contributed by atoms with van der Waals surface area (Å²) in [7, 11) is 0. The number of hydrogen-bond acceptors (Lipinski definition) is 4. The maximum atomic E-state index is 15.1. The van der Waals surface area contributed by atoms with Crippen molar-refractivity contribution in [2.24, 2.45) is 0 Å². The molecule has 0 radical (unpaired) electrons. The summed E-state index contributed by atoms with van der Waals surface area (Å²) < 4.78 is 54.1. The number of aryl methyl sites for hydroxylation is 1. The Bertz CT molecular complexity index is 1670. The van der Waals surface area contributed by atoms with Crippen LogP contribution in [0.1, 0.15) is 35.2 Å². The lowest BCUT2D eigenvalue weighted by Gasteiger charge is -2.08. The first-order chi connectivity index (χ1) is 20.6. The zero-order chi connectivity index (χ0) is 30.9. The van der Waals surface area contributed by atoms with Crippen molar-refractivity contribution in [1.82, 2.24) is 4.57 Å². The van der Waals surface area contributed by atoms with Gasteiger partial charge in [-0.25, -0.2) is 13.2 Å². The molecule has 0 saturated carbocycles. The van der Waals surface area contributed by atoms with Gasteiger partial charge in [0.25, 0.3) is 0 Å². The molecular formula is C33H30F3NO6. The molecular weight excluding hydrogens is 563 g/mol. The second kappa shape index (κ2) is 14.3. The molecule has 0 aliphatic heterocycles. The molecule has 4 rings (SSSR count). The van der Waals surface area contributed by atoms with Crippen molar-refractivity contribution >= 4 is 35.0 Å². The molecule has 3 aromatic carbocycles. The van der Waals surface area contributed by atoms with E-state index in [9.17, 15) is 23.5 Å². The number of carbonyl (C=O) groups is 2. The number of halogens is 3. The van der Waals surface area contributed by atoms with E-state index in [-0.39, 0.29) is 31.9 Å². The summed E-state index contributed by atoms with van der Waals surface area (Å²) in [6.45, 7) is 1.69. The number of rotatable bonds is 14. The zero-order valence-corrected chi connectivity index (χ0v) is 23.4. The molecule has 0 atom stereocenters. The fourth-order valence-electron chi connectivity index (χ4n) is 4.73. The summed E-state index contributed by atoms with van der Waals surface area (Å²) in [5, 5.41) is 18.8. The smallest absolute Gasteiger partial charge is 0.323 e. The molecule has 7 nitrogen and oxygen atoms in total. The predicted octanol–water partition coefficient (Wildman–Crippen LogP) is 7.04. The number of benzene rings is 3. The van der Waals surface area contributed by atoms with Gasteiger partial charge in [0.2, 0.25) is 0 Å². The minimum absolute atomic E-state index is 0.0432. The number of carboxylic acid groups (broad SMARTS) is 2. The zero-order valence-electron chi connectivity index (χ0n) is 23.4. The van der Waals surface area contributed by atoms with Crippen molar-refractivity contribution in [3.05, 3.63) is 107 Å². The van der Waals surface area contributed by atoms with Crippen LogP contribution in [0.2, 0.25) is 0 Å². The summed E-state index contributed by atoms with van der Waals surface area (Å²) in [5.41, 5.74) is 3.09. The Morgan fingerprint density at radius 2 is 1.58 bits per heavy atom. The molecule has 0 amide bonds. The van der Waals surface area contributed by atoms with Gasteiger partial charge in [-0.3, -0.25) is 9.59 Å². The van der Waals surface area contributed by atoms with Gasteiger partial charge in [0.1, 0.15) is 37.1 Å². The molecule has 2 N–H and O–H groups in total. The van der Waals surface area contributed by atoms with Crippen molar-refractivity contribution in [2.75, 3.05) is 13.2 Å². The van der Waals surface area contributed by atoms with Gasteiger partial charge in [0.15, 0.2) is 11.6 Å². The van der Waals surface area contributed by atoms with Crippen molar-refractivity contribution in [3.63, 3.8) is 0 Å². The van der Waals surface area contributed by atoms with E-state index in [0.717, 1.165) is 17.7 Å². The van der Waals surface area contributed by atoms with Gasteiger partial charge in [-0.05, 0) is 85.0 Å². The topological polar surface area (TPSA) is 98.0 Å². The van der Waals surface area contributed by atoms with Crippen LogP contribution in [-0.4, -0.2) is 39.9 Å². The van der Waals surface area contributed by atoms with E-state index in [0.29, 0.717) is 46.3 Å². The summed E-state index contributed by atoms with van der Waals surface area (Å²) in [5.74, 6) is -3.40. The van der Waals surface area contributed by atoms with E-state index in [1.807, 2.05) is 18.2 Å². The summed E-state index contributed by atoms with van der Waals surface area (Å²) in [6, 6.07) is 13.2. The molecule has 0 saturated heterocycles. The van der Waals surface area contributed by atoms with Gasteiger partial charge in [0, 0.05) is 23.6 Å². The molecule has 0 unspecified atom stereocenters. The lowest BCUT2D eigenvalue weighted by atomic mass is 10.0. The molecule has 0 aliphatic rings. The highest BCUT2D eigenvalue weighted by molar-refractivity contribution is 5.95. The minimum atomic E-state index is -1.07. The molecule has 43 heavy (non-hydrogen) atoms. The number of hydrogen-bond donors (Lipinski definition) is 2. The Kier molecular flexibility index (Phi) is 10.3. The molecule has 0 aliphatic carbocycles. The predicted molar refractivity (Wildman–Crippen MR) is 157 cm³/mol. The van der Waals surface area contributed by atoms with Gasteiger partial charge >= 0.3 is 11.9 Å². The Morgan fingerprint density at radius 3 is 2.26 bits per heavy atom. The van der Waals surface area contributed by atoms with Crippen molar-refractivity contribution in [1.29, 1.82) is 0 Å². The third-order valence-corrected chi connectivity index (χ3v) is 6.76. The largest absolute Gasteiger partial charge is 0.490 e. The molecule has 224 valence electrons. The third-order valence-electron chi connectivity index (χ3n) is 6.76. The third kappa shape index (κ3) is 8.06. The van der Waals surface area contributed by atoms with E-state index in [1.165, 1.54) is 12.1 Å². The normalized spacial score (nSPS) is 11.5. The lowest BCUT2D eigenvalue weighted by Crippen LogP contribution is -2.10. The van der Waals surface area contributed by atoms with Crippen LogP contribution < -0.4 is 9.47 Å².